The van der Waals surface area contributed by atoms with Gasteiger partial charge in [0.2, 0.25) is 5.91 Å². The summed E-state index contributed by atoms with van der Waals surface area (Å²) in [5, 5.41) is 3.17. The average molecular weight is 423 g/mol. The fourth-order valence-electron chi connectivity index (χ4n) is 4.23. The lowest BCUT2D eigenvalue weighted by molar-refractivity contribution is -0.143. The molecule has 1 saturated carbocycles. The normalized spacial score (nSPS) is 14.8. The molecule has 5 nitrogen and oxygen atoms in total. The van der Waals surface area contributed by atoms with Crippen LogP contribution in [0.5, 0.6) is 5.75 Å². The topological polar surface area (TPSA) is 58.6 Å². The SMILES string of the molecule is CC[C@H](C(=O)NC1CCCC1)N(Cc1cccc(C)c1)C(=O)COc1cccc(C)c1. The van der Waals surface area contributed by atoms with E-state index in [1.54, 1.807) is 4.90 Å². The second-order valence-corrected chi connectivity index (χ2v) is 8.53. The van der Waals surface area contributed by atoms with Crippen LogP contribution in [0.15, 0.2) is 48.5 Å². The van der Waals surface area contributed by atoms with Crippen LogP contribution in [0.1, 0.15) is 55.7 Å². The maximum atomic E-state index is 13.3. The van der Waals surface area contributed by atoms with Crippen LogP contribution in [0.2, 0.25) is 0 Å². The summed E-state index contributed by atoms with van der Waals surface area (Å²) >= 11 is 0. The highest BCUT2D eigenvalue weighted by molar-refractivity contribution is 5.88. The number of nitrogens with zero attached hydrogens (tertiary/aromatic N) is 1. The van der Waals surface area contributed by atoms with Gasteiger partial charge in [0.25, 0.3) is 5.91 Å². The maximum absolute atomic E-state index is 13.3. The molecule has 0 spiro atoms. The van der Waals surface area contributed by atoms with Gasteiger partial charge in [-0.1, -0.05) is 61.7 Å². The molecule has 0 bridgehead atoms. The zero-order chi connectivity index (χ0) is 22.2. The minimum Gasteiger partial charge on any atom is -0.484 e. The van der Waals surface area contributed by atoms with Crippen molar-refractivity contribution in [3.63, 3.8) is 0 Å². The zero-order valence-corrected chi connectivity index (χ0v) is 18.9. The van der Waals surface area contributed by atoms with Gasteiger partial charge >= 0.3 is 0 Å². The minimum atomic E-state index is -0.519. The standard InChI is InChI=1S/C26H34N2O3/c1-4-24(26(30)27-22-12-5-6-13-22)28(17-21-11-7-9-19(2)15-21)25(29)18-31-23-14-8-10-20(3)16-23/h7-11,14-16,22,24H,4-6,12-13,17-18H2,1-3H3,(H,27,30)/t24-/m1/s1. The van der Waals surface area contributed by atoms with Gasteiger partial charge in [0.1, 0.15) is 11.8 Å². The third kappa shape index (κ3) is 6.58. The maximum Gasteiger partial charge on any atom is 0.261 e. The van der Waals surface area contributed by atoms with Crippen molar-refractivity contribution in [2.45, 2.75) is 71.5 Å². The lowest BCUT2D eigenvalue weighted by atomic mass is 10.1. The van der Waals surface area contributed by atoms with Crippen molar-refractivity contribution in [1.29, 1.82) is 0 Å². The molecular weight excluding hydrogens is 388 g/mol. The fourth-order valence-corrected chi connectivity index (χ4v) is 4.23. The minimum absolute atomic E-state index is 0.0639. The summed E-state index contributed by atoms with van der Waals surface area (Å²) in [5.74, 6) is 0.412. The molecule has 2 amide bonds. The van der Waals surface area contributed by atoms with Crippen LogP contribution in [0.3, 0.4) is 0 Å². The highest BCUT2D eigenvalue weighted by Crippen LogP contribution is 2.20. The first-order valence-corrected chi connectivity index (χ1v) is 11.3. The van der Waals surface area contributed by atoms with E-state index in [2.05, 4.69) is 11.4 Å². The van der Waals surface area contributed by atoms with Gasteiger partial charge in [0.15, 0.2) is 6.61 Å². The van der Waals surface area contributed by atoms with Crippen molar-refractivity contribution >= 4 is 11.8 Å². The summed E-state index contributed by atoms with van der Waals surface area (Å²) in [6.45, 7) is 6.26. The molecule has 2 aromatic rings. The van der Waals surface area contributed by atoms with E-state index in [-0.39, 0.29) is 24.5 Å². The van der Waals surface area contributed by atoms with E-state index < -0.39 is 6.04 Å². The van der Waals surface area contributed by atoms with E-state index in [1.807, 2.05) is 63.2 Å². The van der Waals surface area contributed by atoms with E-state index >= 15 is 0 Å². The summed E-state index contributed by atoms with van der Waals surface area (Å²) in [4.78, 5) is 28.0. The van der Waals surface area contributed by atoms with E-state index in [0.29, 0.717) is 18.7 Å². The van der Waals surface area contributed by atoms with Crippen LogP contribution >= 0.6 is 0 Å². The Morgan fingerprint density at radius 3 is 2.39 bits per heavy atom. The summed E-state index contributed by atoms with van der Waals surface area (Å²) in [7, 11) is 0. The number of rotatable bonds is 9. The number of ether oxygens (including phenoxy) is 1. The van der Waals surface area contributed by atoms with Crippen LogP contribution in [-0.4, -0.2) is 35.4 Å². The number of amides is 2. The monoisotopic (exact) mass is 422 g/mol. The Kier molecular flexibility index (Phi) is 8.10. The Labute approximate surface area is 185 Å². The first-order chi connectivity index (χ1) is 15.0. The number of carbonyl (C=O) groups excluding carboxylic acids is 2. The fraction of sp³-hybridized carbons (Fsp3) is 0.462. The van der Waals surface area contributed by atoms with Gasteiger partial charge in [-0.15, -0.1) is 0 Å². The average Bonchev–Trinajstić information content (AvgIpc) is 3.25. The Balaban J connectivity index is 1.76. The molecule has 166 valence electrons. The molecule has 1 aliphatic carbocycles. The van der Waals surface area contributed by atoms with E-state index in [4.69, 9.17) is 4.74 Å². The van der Waals surface area contributed by atoms with Gasteiger partial charge < -0.3 is 15.0 Å². The van der Waals surface area contributed by atoms with Crippen molar-refractivity contribution in [2.75, 3.05) is 6.61 Å². The highest BCUT2D eigenvalue weighted by atomic mass is 16.5. The number of hydrogen-bond donors (Lipinski definition) is 1. The van der Waals surface area contributed by atoms with E-state index in [9.17, 15) is 9.59 Å². The molecule has 1 N–H and O–H groups in total. The molecule has 2 aromatic carbocycles. The van der Waals surface area contributed by atoms with Crippen molar-refractivity contribution in [2.24, 2.45) is 0 Å². The van der Waals surface area contributed by atoms with Gasteiger partial charge in [0, 0.05) is 12.6 Å². The molecule has 31 heavy (non-hydrogen) atoms. The van der Waals surface area contributed by atoms with Gasteiger partial charge in [-0.25, -0.2) is 0 Å². The Morgan fingerprint density at radius 2 is 1.74 bits per heavy atom. The smallest absolute Gasteiger partial charge is 0.261 e. The number of nitrogens with one attached hydrogen (secondary N) is 1. The molecule has 1 fully saturated rings. The van der Waals surface area contributed by atoms with E-state index in [0.717, 1.165) is 42.4 Å². The Morgan fingerprint density at radius 1 is 1.06 bits per heavy atom. The van der Waals surface area contributed by atoms with Gasteiger partial charge in [0.05, 0.1) is 0 Å². The highest BCUT2D eigenvalue weighted by Gasteiger charge is 2.30. The van der Waals surface area contributed by atoms with Crippen LogP contribution < -0.4 is 10.1 Å². The molecule has 1 aliphatic rings. The van der Waals surface area contributed by atoms with E-state index in [1.165, 1.54) is 0 Å². The molecule has 0 aliphatic heterocycles. The summed E-state index contributed by atoms with van der Waals surface area (Å²) < 4.78 is 5.78. The van der Waals surface area contributed by atoms with Crippen LogP contribution in [0.4, 0.5) is 0 Å². The first kappa shape index (κ1) is 22.9. The van der Waals surface area contributed by atoms with Crippen LogP contribution in [0.25, 0.3) is 0 Å². The third-order valence-corrected chi connectivity index (χ3v) is 5.87. The summed E-state index contributed by atoms with van der Waals surface area (Å²) in [5.41, 5.74) is 3.21. The van der Waals surface area contributed by atoms with Gasteiger partial charge in [-0.05, 0) is 56.4 Å². The summed E-state index contributed by atoms with van der Waals surface area (Å²) in [6, 6.07) is 15.4. The number of carbonyl (C=O) groups is 2. The molecule has 0 heterocycles. The molecule has 5 heteroatoms. The lowest BCUT2D eigenvalue weighted by Crippen LogP contribution is -2.52. The Hall–Kier alpha value is -2.82. The molecule has 3 rings (SSSR count). The Bertz CT molecular complexity index is 890. The number of aryl methyl sites for hydroxylation is 2. The summed E-state index contributed by atoms with van der Waals surface area (Å²) in [6.07, 6.45) is 4.89. The number of benzene rings is 2. The molecule has 0 unspecified atom stereocenters. The van der Waals surface area contributed by atoms with Crippen molar-refractivity contribution < 1.29 is 14.3 Å². The lowest BCUT2D eigenvalue weighted by Gasteiger charge is -2.31. The molecule has 0 radical (unpaired) electrons. The van der Waals surface area contributed by atoms with Gasteiger partial charge in [-0.2, -0.15) is 0 Å². The molecule has 0 saturated heterocycles. The second kappa shape index (κ2) is 11.0. The van der Waals surface area contributed by atoms with Gasteiger partial charge in [-0.3, -0.25) is 9.59 Å². The second-order valence-electron chi connectivity index (χ2n) is 8.53. The van der Waals surface area contributed by atoms with Crippen molar-refractivity contribution in [3.8, 4) is 5.75 Å². The number of hydrogen-bond acceptors (Lipinski definition) is 3. The molecule has 0 aromatic heterocycles. The zero-order valence-electron chi connectivity index (χ0n) is 18.9. The van der Waals surface area contributed by atoms with Crippen molar-refractivity contribution in [1.82, 2.24) is 10.2 Å². The molecular formula is C26H34N2O3. The largest absolute Gasteiger partial charge is 0.484 e. The third-order valence-electron chi connectivity index (χ3n) is 5.87. The quantitative estimate of drug-likeness (QED) is 0.645. The predicted molar refractivity (Wildman–Crippen MR) is 123 cm³/mol. The first-order valence-electron chi connectivity index (χ1n) is 11.3. The van der Waals surface area contributed by atoms with Crippen LogP contribution in [-0.2, 0) is 16.1 Å². The predicted octanol–water partition coefficient (Wildman–Crippen LogP) is 4.55. The molecule has 1 atom stereocenters. The van der Waals surface area contributed by atoms with Crippen molar-refractivity contribution in [3.05, 3.63) is 65.2 Å². The van der Waals surface area contributed by atoms with Crippen LogP contribution in [0, 0.1) is 13.8 Å².